The molecule has 0 atom stereocenters. The van der Waals surface area contributed by atoms with E-state index in [0.717, 1.165) is 11.3 Å². The van der Waals surface area contributed by atoms with E-state index in [2.05, 4.69) is 15.0 Å². The molecule has 2 N–H and O–H groups in total. The molecule has 0 aromatic heterocycles. The number of carbonyl (C=O) groups is 3. The summed E-state index contributed by atoms with van der Waals surface area (Å²) < 4.78 is 27.8. The molecule has 0 spiro atoms. The van der Waals surface area contributed by atoms with Gasteiger partial charge in [-0.2, -0.15) is 0 Å². The third kappa shape index (κ3) is 4.31. The third-order valence-electron chi connectivity index (χ3n) is 5.69. The van der Waals surface area contributed by atoms with E-state index in [-0.39, 0.29) is 21.8 Å². The van der Waals surface area contributed by atoms with Crippen LogP contribution in [0.5, 0.6) is 0 Å². The predicted octanol–water partition coefficient (Wildman–Crippen LogP) is 3.21. The van der Waals surface area contributed by atoms with Gasteiger partial charge in [0.2, 0.25) is 0 Å². The number of sulfonamides is 1. The summed E-state index contributed by atoms with van der Waals surface area (Å²) in [7, 11) is -3.84. The number of fused-ring (bicyclic) bond motifs is 1. The number of benzene rings is 3. The quantitative estimate of drug-likeness (QED) is 0.534. The second-order valence-corrected chi connectivity index (χ2v) is 9.74. The minimum Gasteiger partial charge on any atom is -0.322 e. The van der Waals surface area contributed by atoms with Crippen LogP contribution in [0.15, 0.2) is 82.7 Å². The van der Waals surface area contributed by atoms with Gasteiger partial charge in [0.1, 0.15) is 5.84 Å². The number of imide groups is 1. The molecular formula is C25H20N4O5S. The molecule has 3 amide bonds. The van der Waals surface area contributed by atoms with Gasteiger partial charge >= 0.3 is 0 Å². The highest BCUT2D eigenvalue weighted by Gasteiger charge is 2.36. The number of aliphatic imine (C=N–C) groups is 1. The Bertz CT molecular complexity index is 1480. The van der Waals surface area contributed by atoms with Gasteiger partial charge in [-0.1, -0.05) is 24.3 Å². The zero-order valence-corrected chi connectivity index (χ0v) is 19.2. The van der Waals surface area contributed by atoms with Crippen LogP contribution in [0.1, 0.15) is 43.9 Å². The molecule has 2 heterocycles. The first-order valence-corrected chi connectivity index (χ1v) is 12.4. The molecule has 0 aliphatic carbocycles. The van der Waals surface area contributed by atoms with E-state index in [1.807, 2.05) is 0 Å². The minimum absolute atomic E-state index is 0.00956. The molecule has 2 aliphatic heterocycles. The van der Waals surface area contributed by atoms with Crippen molar-refractivity contribution in [1.82, 2.24) is 4.72 Å². The highest BCUT2D eigenvalue weighted by molar-refractivity contribution is 7.90. The first kappa shape index (κ1) is 22.5. The van der Waals surface area contributed by atoms with E-state index in [1.165, 1.54) is 30.3 Å². The Morgan fingerprint density at radius 1 is 0.886 bits per heavy atom. The van der Waals surface area contributed by atoms with Crippen LogP contribution in [0.25, 0.3) is 0 Å². The molecule has 10 heteroatoms. The fourth-order valence-electron chi connectivity index (χ4n) is 3.99. The monoisotopic (exact) mass is 488 g/mol. The average Bonchev–Trinajstić information content (AvgIpc) is 3.45. The van der Waals surface area contributed by atoms with Gasteiger partial charge in [0, 0.05) is 24.2 Å². The van der Waals surface area contributed by atoms with Crippen molar-refractivity contribution in [3.8, 4) is 0 Å². The number of rotatable bonds is 5. The molecule has 0 fully saturated rings. The number of nitrogens with zero attached hydrogens (tertiary/aromatic N) is 2. The summed E-state index contributed by atoms with van der Waals surface area (Å²) in [6.07, 6.45) is 1.37. The first-order valence-electron chi connectivity index (χ1n) is 10.9. The highest BCUT2D eigenvalue weighted by atomic mass is 32.2. The summed E-state index contributed by atoms with van der Waals surface area (Å²) in [5, 5.41) is 2.67. The standard InChI is InChI=1S/C25H20N4O5S/c30-23(27-17-7-4-9-19(15-17)35(33,34)28-22-12-5-13-26-22)16-6-3-8-18(14-16)29-24(31)20-10-1-2-11-21(20)25(29)32/h1-4,6-11,14-15H,5,12-13H2,(H,26,28)(H,27,30). The SMILES string of the molecule is O=C(Nc1cccc(S(=O)(=O)NC2=NCCC2)c1)c1cccc(N2C(=O)c3ccccc3C2=O)c1. The molecule has 0 bridgehead atoms. The largest absolute Gasteiger partial charge is 0.322 e. The molecule has 176 valence electrons. The zero-order chi connectivity index (χ0) is 24.6. The van der Waals surface area contributed by atoms with Gasteiger partial charge in [0.15, 0.2) is 0 Å². The van der Waals surface area contributed by atoms with Crippen LogP contribution in [0.4, 0.5) is 11.4 Å². The molecule has 5 rings (SSSR count). The van der Waals surface area contributed by atoms with Crippen LogP contribution in [0.2, 0.25) is 0 Å². The predicted molar refractivity (Wildman–Crippen MR) is 130 cm³/mol. The molecule has 9 nitrogen and oxygen atoms in total. The van der Waals surface area contributed by atoms with Crippen molar-refractivity contribution in [3.63, 3.8) is 0 Å². The Morgan fingerprint density at radius 3 is 2.29 bits per heavy atom. The molecule has 0 radical (unpaired) electrons. The number of amidine groups is 1. The summed E-state index contributed by atoms with van der Waals surface area (Å²) in [6, 6.07) is 18.5. The average molecular weight is 489 g/mol. The number of nitrogens with one attached hydrogen (secondary N) is 2. The molecular weight excluding hydrogens is 468 g/mol. The lowest BCUT2D eigenvalue weighted by Gasteiger charge is -2.15. The highest BCUT2D eigenvalue weighted by Crippen LogP contribution is 2.29. The molecule has 0 unspecified atom stereocenters. The van der Waals surface area contributed by atoms with E-state index in [9.17, 15) is 22.8 Å². The van der Waals surface area contributed by atoms with Gasteiger partial charge in [-0.15, -0.1) is 0 Å². The summed E-state index contributed by atoms with van der Waals surface area (Å²) in [4.78, 5) is 43.6. The molecule has 0 saturated carbocycles. The lowest BCUT2D eigenvalue weighted by molar-refractivity contribution is 0.0924. The van der Waals surface area contributed by atoms with Crippen molar-refractivity contribution < 1.29 is 22.8 Å². The number of amides is 3. The van der Waals surface area contributed by atoms with Gasteiger partial charge in [0.25, 0.3) is 27.7 Å². The molecule has 3 aromatic rings. The van der Waals surface area contributed by atoms with Crippen LogP contribution in [-0.2, 0) is 10.0 Å². The van der Waals surface area contributed by atoms with E-state index in [4.69, 9.17) is 0 Å². The Morgan fingerprint density at radius 2 is 1.60 bits per heavy atom. The van der Waals surface area contributed by atoms with Crippen LogP contribution in [0, 0.1) is 0 Å². The summed E-state index contributed by atoms with van der Waals surface area (Å²) in [5.41, 5.74) is 1.36. The Labute approximate surface area is 201 Å². The van der Waals surface area contributed by atoms with E-state index in [1.54, 1.807) is 42.5 Å². The second kappa shape index (κ2) is 8.80. The number of carbonyl (C=O) groups excluding carboxylic acids is 3. The van der Waals surface area contributed by atoms with E-state index >= 15 is 0 Å². The maximum atomic E-state index is 12.9. The van der Waals surface area contributed by atoms with Crippen molar-refractivity contribution in [2.24, 2.45) is 4.99 Å². The molecule has 35 heavy (non-hydrogen) atoms. The second-order valence-electron chi connectivity index (χ2n) is 8.06. The summed E-state index contributed by atoms with van der Waals surface area (Å²) >= 11 is 0. The van der Waals surface area contributed by atoms with Gasteiger partial charge in [-0.05, 0) is 55.0 Å². The Balaban J connectivity index is 1.35. The lowest BCUT2D eigenvalue weighted by atomic mass is 10.1. The summed E-state index contributed by atoms with van der Waals surface area (Å²) in [5.74, 6) is -1.02. The van der Waals surface area contributed by atoms with Crippen molar-refractivity contribution in [1.29, 1.82) is 0 Å². The number of anilines is 2. The van der Waals surface area contributed by atoms with Crippen LogP contribution in [0.3, 0.4) is 0 Å². The van der Waals surface area contributed by atoms with Gasteiger partial charge in [-0.3, -0.25) is 24.1 Å². The smallest absolute Gasteiger partial charge is 0.266 e. The van der Waals surface area contributed by atoms with Crippen molar-refractivity contribution >= 4 is 45.0 Å². The molecule has 0 saturated heterocycles. The lowest BCUT2D eigenvalue weighted by Crippen LogP contribution is -2.29. The van der Waals surface area contributed by atoms with Crippen molar-refractivity contribution in [3.05, 3.63) is 89.5 Å². The fraction of sp³-hybridized carbons (Fsp3) is 0.120. The summed E-state index contributed by atoms with van der Waals surface area (Å²) in [6.45, 7) is 0.591. The third-order valence-corrected chi connectivity index (χ3v) is 7.07. The fourth-order valence-corrected chi connectivity index (χ4v) is 5.13. The van der Waals surface area contributed by atoms with Crippen LogP contribution in [-0.4, -0.2) is 38.5 Å². The van der Waals surface area contributed by atoms with Crippen molar-refractivity contribution in [2.45, 2.75) is 17.7 Å². The molecule has 2 aliphatic rings. The minimum atomic E-state index is -3.84. The first-order chi connectivity index (χ1) is 16.8. The number of hydrogen-bond acceptors (Lipinski definition) is 6. The normalized spacial score (nSPS) is 15.1. The van der Waals surface area contributed by atoms with Gasteiger partial charge in [-0.25, -0.2) is 13.3 Å². The van der Waals surface area contributed by atoms with Gasteiger partial charge < -0.3 is 5.32 Å². The number of hydrogen-bond donors (Lipinski definition) is 2. The topological polar surface area (TPSA) is 125 Å². The zero-order valence-electron chi connectivity index (χ0n) is 18.4. The van der Waals surface area contributed by atoms with E-state index in [0.29, 0.717) is 29.9 Å². The van der Waals surface area contributed by atoms with Gasteiger partial charge in [0.05, 0.1) is 21.7 Å². The van der Waals surface area contributed by atoms with Crippen LogP contribution < -0.4 is 14.9 Å². The maximum absolute atomic E-state index is 12.9. The Hall–Kier alpha value is -4.31. The van der Waals surface area contributed by atoms with Crippen molar-refractivity contribution in [2.75, 3.05) is 16.8 Å². The Kier molecular flexibility index (Phi) is 5.65. The maximum Gasteiger partial charge on any atom is 0.266 e. The van der Waals surface area contributed by atoms with Crippen LogP contribution >= 0.6 is 0 Å². The van der Waals surface area contributed by atoms with E-state index < -0.39 is 27.7 Å². The molecule has 3 aromatic carbocycles.